The zero-order valence-corrected chi connectivity index (χ0v) is 7.35. The van der Waals surface area contributed by atoms with E-state index in [0.29, 0.717) is 17.1 Å². The Kier molecular flexibility index (Phi) is 2.02. The summed E-state index contributed by atoms with van der Waals surface area (Å²) in [7, 11) is 1.53. The van der Waals surface area contributed by atoms with E-state index in [-0.39, 0.29) is 0 Å². The molecule has 6 nitrogen and oxygen atoms in total. The van der Waals surface area contributed by atoms with Crippen molar-refractivity contribution < 1.29 is 9.26 Å². The molecule has 2 rings (SSSR count). The van der Waals surface area contributed by atoms with Crippen LogP contribution in [0.4, 0.5) is 0 Å². The van der Waals surface area contributed by atoms with Gasteiger partial charge in [0.05, 0.1) is 13.3 Å². The molecule has 2 heterocycles. The molecule has 0 aliphatic carbocycles. The number of ether oxygens (including phenoxy) is 1. The van der Waals surface area contributed by atoms with E-state index >= 15 is 0 Å². The van der Waals surface area contributed by atoms with Crippen molar-refractivity contribution in [1.82, 2.24) is 15.1 Å². The highest BCUT2D eigenvalue weighted by Gasteiger charge is 2.05. The third kappa shape index (κ3) is 1.49. The summed E-state index contributed by atoms with van der Waals surface area (Å²) in [5.41, 5.74) is 0.634. The minimum atomic E-state index is -0.595. The zero-order chi connectivity index (χ0) is 9.97. The van der Waals surface area contributed by atoms with E-state index in [1.807, 2.05) is 0 Å². The summed E-state index contributed by atoms with van der Waals surface area (Å²) in [4.78, 5) is 17.0. The fraction of sp³-hybridized carbons (Fsp3) is 0.125. The van der Waals surface area contributed by atoms with Crippen LogP contribution >= 0.6 is 0 Å². The number of H-pyrrole nitrogens is 1. The number of nitrogens with zero attached hydrogens (tertiary/aromatic N) is 2. The summed E-state index contributed by atoms with van der Waals surface area (Å²) in [5, 5.41) is 3.52. The van der Waals surface area contributed by atoms with E-state index < -0.39 is 5.76 Å². The Balaban J connectivity index is 2.46. The van der Waals surface area contributed by atoms with Crippen LogP contribution in [0.15, 0.2) is 27.8 Å². The van der Waals surface area contributed by atoms with Gasteiger partial charge in [0.25, 0.3) is 0 Å². The average molecular weight is 193 g/mol. The van der Waals surface area contributed by atoms with E-state index in [0.717, 1.165) is 0 Å². The largest absolute Gasteiger partial charge is 0.495 e. The Bertz CT molecular complexity index is 488. The molecule has 0 amide bonds. The van der Waals surface area contributed by atoms with Crippen molar-refractivity contribution in [3.05, 3.63) is 29.0 Å². The van der Waals surface area contributed by atoms with Crippen molar-refractivity contribution in [2.45, 2.75) is 0 Å². The van der Waals surface area contributed by atoms with Gasteiger partial charge >= 0.3 is 5.76 Å². The topological polar surface area (TPSA) is 81.0 Å². The number of nitrogens with one attached hydrogen (secondary N) is 1. The van der Waals surface area contributed by atoms with Crippen LogP contribution in [0, 0.1) is 0 Å². The van der Waals surface area contributed by atoms with Crippen LogP contribution < -0.4 is 10.5 Å². The second-order valence-corrected chi connectivity index (χ2v) is 2.56. The lowest BCUT2D eigenvalue weighted by Gasteiger charge is -1.99. The number of aromatic amines is 1. The van der Waals surface area contributed by atoms with Gasteiger partial charge in [0.2, 0.25) is 0 Å². The molecule has 1 N–H and O–H groups in total. The van der Waals surface area contributed by atoms with Crippen molar-refractivity contribution in [3.8, 4) is 17.1 Å². The van der Waals surface area contributed by atoms with E-state index in [9.17, 15) is 4.79 Å². The Morgan fingerprint density at radius 3 is 3.00 bits per heavy atom. The molecule has 0 saturated carbocycles. The highest BCUT2D eigenvalue weighted by Crippen LogP contribution is 2.17. The van der Waals surface area contributed by atoms with Crippen LogP contribution in [0.3, 0.4) is 0 Å². The molecule has 0 aliphatic heterocycles. The first kappa shape index (κ1) is 8.49. The normalized spacial score (nSPS) is 10.1. The van der Waals surface area contributed by atoms with Gasteiger partial charge in [0.1, 0.15) is 5.75 Å². The lowest BCUT2D eigenvalue weighted by atomic mass is 10.2. The summed E-state index contributed by atoms with van der Waals surface area (Å²) >= 11 is 0. The standard InChI is InChI=1S/C8H7N3O3/c1-13-6-2-5(3-9-4-6)7-10-8(12)14-11-7/h2-4H,1H3,(H,10,11,12). The second kappa shape index (κ2) is 3.33. The molecule has 0 radical (unpaired) electrons. The molecular weight excluding hydrogens is 186 g/mol. The quantitative estimate of drug-likeness (QED) is 0.748. The highest BCUT2D eigenvalue weighted by molar-refractivity contribution is 5.54. The van der Waals surface area contributed by atoms with Gasteiger partial charge in [-0.1, -0.05) is 5.16 Å². The maximum Gasteiger partial charge on any atom is 0.439 e. The first-order valence-electron chi connectivity index (χ1n) is 3.85. The van der Waals surface area contributed by atoms with E-state index in [1.165, 1.54) is 7.11 Å². The second-order valence-electron chi connectivity index (χ2n) is 2.56. The molecule has 0 spiro atoms. The third-order valence-corrected chi connectivity index (χ3v) is 1.66. The predicted molar refractivity (Wildman–Crippen MR) is 46.9 cm³/mol. The average Bonchev–Trinajstić information content (AvgIpc) is 2.65. The Morgan fingerprint density at radius 2 is 2.36 bits per heavy atom. The van der Waals surface area contributed by atoms with E-state index in [2.05, 4.69) is 19.6 Å². The molecule has 2 aromatic rings. The van der Waals surface area contributed by atoms with Gasteiger partial charge < -0.3 is 4.74 Å². The van der Waals surface area contributed by atoms with Gasteiger partial charge in [-0.15, -0.1) is 0 Å². The van der Waals surface area contributed by atoms with Crippen LogP contribution in [0.2, 0.25) is 0 Å². The smallest absolute Gasteiger partial charge is 0.439 e. The first-order valence-corrected chi connectivity index (χ1v) is 3.85. The molecule has 0 saturated heterocycles. The molecule has 72 valence electrons. The minimum absolute atomic E-state index is 0.335. The Hall–Kier alpha value is -2.11. The molecule has 0 fully saturated rings. The molecule has 14 heavy (non-hydrogen) atoms. The Morgan fingerprint density at radius 1 is 1.50 bits per heavy atom. The number of methoxy groups -OCH3 is 1. The summed E-state index contributed by atoms with van der Waals surface area (Å²) < 4.78 is 9.33. The summed E-state index contributed by atoms with van der Waals surface area (Å²) in [6, 6.07) is 1.70. The van der Waals surface area contributed by atoms with Crippen molar-refractivity contribution in [3.63, 3.8) is 0 Å². The van der Waals surface area contributed by atoms with Gasteiger partial charge in [-0.2, -0.15) is 0 Å². The van der Waals surface area contributed by atoms with Gasteiger partial charge in [-0.05, 0) is 6.07 Å². The highest BCUT2D eigenvalue weighted by atomic mass is 16.5. The van der Waals surface area contributed by atoms with Gasteiger partial charge in [0, 0.05) is 11.8 Å². The van der Waals surface area contributed by atoms with Crippen molar-refractivity contribution in [1.29, 1.82) is 0 Å². The van der Waals surface area contributed by atoms with E-state index in [1.54, 1.807) is 18.5 Å². The fourth-order valence-electron chi connectivity index (χ4n) is 1.01. The minimum Gasteiger partial charge on any atom is -0.495 e. The lowest BCUT2D eigenvalue weighted by molar-refractivity contribution is 0.387. The zero-order valence-electron chi connectivity index (χ0n) is 7.35. The third-order valence-electron chi connectivity index (χ3n) is 1.66. The summed E-state index contributed by atoms with van der Waals surface area (Å²) in [6.45, 7) is 0. The number of hydrogen-bond acceptors (Lipinski definition) is 5. The van der Waals surface area contributed by atoms with Gasteiger partial charge in [-0.25, -0.2) is 4.79 Å². The fourth-order valence-corrected chi connectivity index (χ4v) is 1.01. The lowest BCUT2D eigenvalue weighted by Crippen LogP contribution is -1.95. The molecule has 0 bridgehead atoms. The number of pyridine rings is 1. The SMILES string of the molecule is COc1cncc(-c2noc(=O)[nH]2)c1. The molecule has 0 aromatic carbocycles. The molecule has 0 aliphatic rings. The number of hydrogen-bond donors (Lipinski definition) is 1. The van der Waals surface area contributed by atoms with Crippen LogP contribution in [0.25, 0.3) is 11.4 Å². The monoisotopic (exact) mass is 193 g/mol. The van der Waals surface area contributed by atoms with Crippen LogP contribution in [-0.4, -0.2) is 22.2 Å². The van der Waals surface area contributed by atoms with Crippen molar-refractivity contribution in [2.24, 2.45) is 0 Å². The summed E-state index contributed by atoms with van der Waals surface area (Å²) in [6.07, 6.45) is 3.11. The van der Waals surface area contributed by atoms with Crippen LogP contribution in [-0.2, 0) is 0 Å². The van der Waals surface area contributed by atoms with Crippen LogP contribution in [0.5, 0.6) is 5.75 Å². The number of aromatic nitrogens is 3. The molecule has 0 unspecified atom stereocenters. The maximum absolute atomic E-state index is 10.7. The Labute approximate surface area is 78.5 Å². The van der Waals surface area contributed by atoms with Gasteiger partial charge in [-0.3, -0.25) is 14.5 Å². The number of rotatable bonds is 2. The summed E-state index contributed by atoms with van der Waals surface area (Å²) in [5.74, 6) is 0.329. The van der Waals surface area contributed by atoms with Crippen molar-refractivity contribution >= 4 is 0 Å². The predicted octanol–water partition coefficient (Wildman–Crippen LogP) is 0.433. The molecule has 2 aromatic heterocycles. The molecule has 0 atom stereocenters. The van der Waals surface area contributed by atoms with Crippen molar-refractivity contribution in [2.75, 3.05) is 7.11 Å². The van der Waals surface area contributed by atoms with Crippen LogP contribution in [0.1, 0.15) is 0 Å². The van der Waals surface area contributed by atoms with E-state index in [4.69, 9.17) is 4.74 Å². The first-order chi connectivity index (χ1) is 6.79. The maximum atomic E-state index is 10.7. The molecular formula is C8H7N3O3. The van der Waals surface area contributed by atoms with Gasteiger partial charge in [0.15, 0.2) is 5.82 Å². The molecule has 6 heteroatoms.